The van der Waals surface area contributed by atoms with Crippen molar-refractivity contribution >= 4 is 26.8 Å². The van der Waals surface area contributed by atoms with Crippen LogP contribution in [0.1, 0.15) is 47.9 Å². The maximum absolute atomic E-state index is 13.8. The van der Waals surface area contributed by atoms with Crippen LogP contribution in [-0.4, -0.2) is 25.7 Å². The number of sulfonamides is 1. The summed E-state index contributed by atoms with van der Waals surface area (Å²) in [4.78, 5) is 13.8. The van der Waals surface area contributed by atoms with E-state index in [0.29, 0.717) is 28.2 Å². The lowest BCUT2D eigenvalue weighted by Crippen LogP contribution is -2.35. The predicted molar refractivity (Wildman–Crippen MR) is 138 cm³/mol. The molecule has 9 heteroatoms. The van der Waals surface area contributed by atoms with Gasteiger partial charge in [0.2, 0.25) is 12.7 Å². The highest BCUT2D eigenvalue weighted by molar-refractivity contribution is 7.90. The maximum atomic E-state index is 13.8. The lowest BCUT2D eigenvalue weighted by molar-refractivity contribution is -0.119. The summed E-state index contributed by atoms with van der Waals surface area (Å²) in [7, 11) is -2.32. The van der Waals surface area contributed by atoms with Crippen LogP contribution >= 0.6 is 0 Å². The highest BCUT2D eigenvalue weighted by Gasteiger charge is 2.31. The monoisotopic (exact) mass is 515 g/mol. The van der Waals surface area contributed by atoms with Gasteiger partial charge in [0, 0.05) is 24.1 Å². The molecular weight excluding hydrogens is 490 g/mol. The zero-order chi connectivity index (χ0) is 26.3. The third-order valence-corrected chi connectivity index (χ3v) is 7.91. The predicted octanol–water partition coefficient (Wildman–Crippen LogP) is 4.54. The molecule has 8 nitrogen and oxygen atoms in total. The second-order valence-electron chi connectivity index (χ2n) is 9.28. The summed E-state index contributed by atoms with van der Waals surface area (Å²) in [6.45, 7) is 4.11. The van der Waals surface area contributed by atoms with Gasteiger partial charge in [0.15, 0.2) is 11.5 Å². The quantitative estimate of drug-likeness (QED) is 0.404. The number of rotatable bonds is 6. The van der Waals surface area contributed by atoms with Gasteiger partial charge in [-0.25, -0.2) is 13.1 Å². The molecule has 2 heterocycles. The number of fused-ring (bicyclic) bond motifs is 2. The smallest absolute Gasteiger partial charge is 0.264 e. The summed E-state index contributed by atoms with van der Waals surface area (Å²) in [5.41, 5.74) is 3.38. The van der Waals surface area contributed by atoms with Crippen LogP contribution in [-0.2, 0) is 21.9 Å². The molecule has 1 atom stereocenters. The van der Waals surface area contributed by atoms with Crippen molar-refractivity contribution < 1.29 is 22.7 Å². The molecule has 1 amide bonds. The minimum Gasteiger partial charge on any atom is -0.454 e. The summed E-state index contributed by atoms with van der Waals surface area (Å²) in [5, 5.41) is 10.1. The van der Waals surface area contributed by atoms with E-state index in [1.807, 2.05) is 25.5 Å². The minimum atomic E-state index is -4.14. The van der Waals surface area contributed by atoms with Crippen LogP contribution in [0.2, 0.25) is 0 Å². The Hall–Kier alpha value is -4.29. The molecule has 37 heavy (non-hydrogen) atoms. The van der Waals surface area contributed by atoms with Crippen LogP contribution in [0.5, 0.6) is 11.5 Å². The Morgan fingerprint density at radius 3 is 2.41 bits per heavy atom. The van der Waals surface area contributed by atoms with Gasteiger partial charge in [-0.2, -0.15) is 5.26 Å². The van der Waals surface area contributed by atoms with E-state index >= 15 is 0 Å². The van der Waals surface area contributed by atoms with Gasteiger partial charge in [0.25, 0.3) is 10.0 Å². The molecular formula is C28H25N3O5S. The molecule has 0 aliphatic carbocycles. The average Bonchev–Trinajstić information content (AvgIpc) is 3.48. The third-order valence-electron chi connectivity index (χ3n) is 6.55. The molecule has 0 saturated carbocycles. The topological polar surface area (TPSA) is 110 Å². The molecule has 0 saturated heterocycles. The van der Waals surface area contributed by atoms with Crippen molar-refractivity contribution in [2.75, 3.05) is 6.79 Å². The summed E-state index contributed by atoms with van der Waals surface area (Å²) in [6.07, 6.45) is 1.78. The zero-order valence-electron chi connectivity index (χ0n) is 20.6. The number of nitrogens with zero attached hydrogens (tertiary/aromatic N) is 2. The number of nitrogens with one attached hydrogen (secondary N) is 1. The summed E-state index contributed by atoms with van der Waals surface area (Å²) in [5.74, 6) is -0.402. The standard InChI is InChI=1S/C28H25N3O5S/c1-17(2)19-5-8-21(9-6-19)37(33,34)30-28(32)27(20-7-11-25-26(13-20)36-16-35-25)23-15-31(3)24-12-18(14-29)4-10-22(23)24/h4-13,15,17,27H,16H2,1-3H3,(H,30,32). The second-order valence-corrected chi connectivity index (χ2v) is 11.0. The van der Waals surface area contributed by atoms with Gasteiger partial charge in [-0.3, -0.25) is 4.79 Å². The second kappa shape index (κ2) is 9.30. The van der Waals surface area contributed by atoms with Gasteiger partial charge in [-0.15, -0.1) is 0 Å². The lowest BCUT2D eigenvalue weighted by Gasteiger charge is -2.18. The van der Waals surface area contributed by atoms with E-state index < -0.39 is 21.8 Å². The summed E-state index contributed by atoms with van der Waals surface area (Å²) >= 11 is 0. The highest BCUT2D eigenvalue weighted by atomic mass is 32.2. The first-order valence-electron chi connectivity index (χ1n) is 11.7. The minimum absolute atomic E-state index is 0.00580. The third kappa shape index (κ3) is 4.52. The summed E-state index contributed by atoms with van der Waals surface area (Å²) in [6, 6.07) is 18.9. The van der Waals surface area contributed by atoms with Crippen molar-refractivity contribution in [1.29, 1.82) is 5.26 Å². The number of nitriles is 1. The number of aromatic nitrogens is 1. The van der Waals surface area contributed by atoms with Crippen molar-refractivity contribution in [3.63, 3.8) is 0 Å². The molecule has 188 valence electrons. The number of aryl methyl sites for hydroxylation is 1. The Kier molecular flexibility index (Phi) is 6.13. The van der Waals surface area contributed by atoms with Crippen LogP contribution in [0.4, 0.5) is 0 Å². The van der Waals surface area contributed by atoms with E-state index in [1.54, 1.807) is 54.7 Å². The number of carbonyl (C=O) groups excluding carboxylic acids is 1. The van der Waals surface area contributed by atoms with Crippen LogP contribution < -0.4 is 14.2 Å². The molecule has 1 aliphatic rings. The number of benzene rings is 3. The van der Waals surface area contributed by atoms with Gasteiger partial charge in [0.1, 0.15) is 0 Å². The zero-order valence-corrected chi connectivity index (χ0v) is 21.4. The lowest BCUT2D eigenvalue weighted by atomic mass is 9.90. The molecule has 1 unspecified atom stereocenters. The molecule has 0 fully saturated rings. The van der Waals surface area contributed by atoms with Crippen molar-refractivity contribution in [1.82, 2.24) is 9.29 Å². The molecule has 0 bridgehead atoms. The fraction of sp³-hybridized carbons (Fsp3) is 0.214. The van der Waals surface area contributed by atoms with Crippen LogP contribution in [0.3, 0.4) is 0 Å². The molecule has 5 rings (SSSR count). The Bertz CT molecular complexity index is 1660. The van der Waals surface area contributed by atoms with Crippen LogP contribution in [0.15, 0.2) is 71.8 Å². The Morgan fingerprint density at radius 1 is 1.00 bits per heavy atom. The van der Waals surface area contributed by atoms with Gasteiger partial charge >= 0.3 is 0 Å². The maximum Gasteiger partial charge on any atom is 0.264 e. The first-order chi connectivity index (χ1) is 17.7. The highest BCUT2D eigenvalue weighted by Crippen LogP contribution is 2.39. The van der Waals surface area contributed by atoms with E-state index in [2.05, 4.69) is 10.8 Å². The Morgan fingerprint density at radius 2 is 1.70 bits per heavy atom. The number of hydrogen-bond donors (Lipinski definition) is 1. The van der Waals surface area contributed by atoms with Crippen molar-refractivity contribution in [3.05, 3.63) is 89.1 Å². The molecule has 0 spiro atoms. The first kappa shape index (κ1) is 24.4. The molecule has 4 aromatic rings. The van der Waals surface area contributed by atoms with Crippen molar-refractivity contribution in [2.24, 2.45) is 7.05 Å². The Balaban J connectivity index is 1.59. The van der Waals surface area contributed by atoms with Crippen molar-refractivity contribution in [2.45, 2.75) is 30.6 Å². The number of ether oxygens (including phenoxy) is 2. The van der Waals surface area contributed by atoms with E-state index in [1.165, 1.54) is 12.1 Å². The van der Waals surface area contributed by atoms with Crippen LogP contribution in [0.25, 0.3) is 10.9 Å². The SMILES string of the molecule is CC(C)c1ccc(S(=O)(=O)NC(=O)C(c2ccc3c(c2)OCO3)c2cn(C)c3cc(C#N)ccc23)cc1. The van der Waals surface area contributed by atoms with Crippen LogP contribution in [0, 0.1) is 11.3 Å². The van der Waals surface area contributed by atoms with E-state index in [0.717, 1.165) is 16.5 Å². The molecule has 1 aromatic heterocycles. The fourth-order valence-electron chi connectivity index (χ4n) is 4.56. The largest absolute Gasteiger partial charge is 0.454 e. The first-order valence-corrected chi connectivity index (χ1v) is 13.2. The van der Waals surface area contributed by atoms with E-state index in [-0.39, 0.29) is 17.6 Å². The fourth-order valence-corrected chi connectivity index (χ4v) is 5.56. The molecule has 1 N–H and O–H groups in total. The average molecular weight is 516 g/mol. The van der Waals surface area contributed by atoms with E-state index in [4.69, 9.17) is 9.47 Å². The van der Waals surface area contributed by atoms with Gasteiger partial charge < -0.3 is 14.0 Å². The molecule has 0 radical (unpaired) electrons. The van der Waals surface area contributed by atoms with E-state index in [9.17, 15) is 18.5 Å². The Labute approximate surface area is 215 Å². The van der Waals surface area contributed by atoms with Crippen molar-refractivity contribution in [3.8, 4) is 17.6 Å². The number of hydrogen-bond acceptors (Lipinski definition) is 6. The number of carbonyl (C=O) groups is 1. The molecule has 1 aliphatic heterocycles. The summed E-state index contributed by atoms with van der Waals surface area (Å²) < 4.78 is 41.5. The van der Waals surface area contributed by atoms with Gasteiger partial charge in [-0.1, -0.05) is 38.1 Å². The van der Waals surface area contributed by atoms with Gasteiger partial charge in [0.05, 0.1) is 22.4 Å². The normalized spacial score (nSPS) is 13.5. The molecule has 3 aromatic carbocycles. The van der Waals surface area contributed by atoms with Gasteiger partial charge in [-0.05, 0) is 59.0 Å². The number of amides is 1.